The molecule has 3 aromatic rings. The molecule has 3 nitrogen and oxygen atoms in total. The van der Waals surface area contributed by atoms with Gasteiger partial charge in [-0.2, -0.15) is 5.10 Å². The van der Waals surface area contributed by atoms with Crippen molar-refractivity contribution in [2.24, 2.45) is 5.10 Å². The molecule has 4 heteroatoms. The molecule has 0 aliphatic heterocycles. The lowest BCUT2D eigenvalue weighted by Gasteiger charge is -1.88. The van der Waals surface area contributed by atoms with Crippen LogP contribution in [0.3, 0.4) is 0 Å². The first kappa shape index (κ1) is 12.6. The summed E-state index contributed by atoms with van der Waals surface area (Å²) >= 11 is 1.34. The van der Waals surface area contributed by atoms with Crippen molar-refractivity contribution in [1.82, 2.24) is 4.07 Å². The summed E-state index contributed by atoms with van der Waals surface area (Å²) in [6.07, 6.45) is 5.40. The van der Waals surface area contributed by atoms with Crippen molar-refractivity contribution in [2.75, 3.05) is 0 Å². The van der Waals surface area contributed by atoms with Gasteiger partial charge < -0.3 is 0 Å². The topological polar surface area (TPSA) is 34.4 Å². The van der Waals surface area contributed by atoms with Gasteiger partial charge in [0.25, 0.3) is 5.56 Å². The Morgan fingerprint density at radius 2 is 1.75 bits per heavy atom. The number of fused-ring (bicyclic) bond motifs is 1. The van der Waals surface area contributed by atoms with Crippen LogP contribution in [0.5, 0.6) is 0 Å². The number of aromatic nitrogens is 1. The lowest BCUT2D eigenvalue weighted by molar-refractivity contribution is 0.954. The second-order valence-electron chi connectivity index (χ2n) is 4.20. The van der Waals surface area contributed by atoms with Gasteiger partial charge in [0.05, 0.1) is 10.1 Å². The first-order chi connectivity index (χ1) is 9.84. The lowest BCUT2D eigenvalue weighted by atomic mass is 10.2. The zero-order chi connectivity index (χ0) is 13.8. The Labute approximate surface area is 120 Å². The van der Waals surface area contributed by atoms with Crippen LogP contribution in [0.25, 0.3) is 16.2 Å². The summed E-state index contributed by atoms with van der Waals surface area (Å²) in [5, 5.41) is 4.88. The molecule has 98 valence electrons. The Morgan fingerprint density at radius 3 is 2.55 bits per heavy atom. The quantitative estimate of drug-likeness (QED) is 0.675. The molecule has 0 spiro atoms. The maximum Gasteiger partial charge on any atom is 0.289 e. The highest BCUT2D eigenvalue weighted by Gasteiger charge is 2.04. The highest BCUT2D eigenvalue weighted by atomic mass is 32.1. The first-order valence-corrected chi connectivity index (χ1v) is 6.99. The Balaban J connectivity index is 1.83. The van der Waals surface area contributed by atoms with Gasteiger partial charge >= 0.3 is 0 Å². The highest BCUT2D eigenvalue weighted by molar-refractivity contribution is 7.13. The van der Waals surface area contributed by atoms with Gasteiger partial charge in [0.1, 0.15) is 0 Å². The number of hydrogen-bond acceptors (Lipinski definition) is 3. The minimum atomic E-state index is -0.0741. The van der Waals surface area contributed by atoms with E-state index in [0.29, 0.717) is 5.39 Å². The Hall–Kier alpha value is -2.46. The third kappa shape index (κ3) is 2.60. The third-order valence-corrected chi connectivity index (χ3v) is 3.81. The van der Waals surface area contributed by atoms with Crippen LogP contribution in [0.4, 0.5) is 0 Å². The number of hydrogen-bond donors (Lipinski definition) is 0. The van der Waals surface area contributed by atoms with E-state index in [-0.39, 0.29) is 5.56 Å². The van der Waals surface area contributed by atoms with Crippen LogP contribution >= 0.6 is 11.5 Å². The van der Waals surface area contributed by atoms with Crippen LogP contribution in [-0.2, 0) is 0 Å². The molecule has 20 heavy (non-hydrogen) atoms. The Kier molecular flexibility index (Phi) is 3.56. The fourth-order valence-electron chi connectivity index (χ4n) is 1.85. The van der Waals surface area contributed by atoms with Crippen molar-refractivity contribution in [3.05, 3.63) is 76.6 Å². The van der Waals surface area contributed by atoms with Crippen LogP contribution in [-0.4, -0.2) is 10.3 Å². The van der Waals surface area contributed by atoms with Crippen LogP contribution in [0, 0.1) is 0 Å². The van der Waals surface area contributed by atoms with Crippen LogP contribution in [0.1, 0.15) is 5.56 Å². The van der Waals surface area contributed by atoms with Gasteiger partial charge in [0, 0.05) is 6.21 Å². The van der Waals surface area contributed by atoms with Crippen molar-refractivity contribution < 1.29 is 0 Å². The second kappa shape index (κ2) is 5.67. The molecule has 0 bridgehead atoms. The number of benzene rings is 2. The van der Waals surface area contributed by atoms with Gasteiger partial charge in [0.15, 0.2) is 0 Å². The Morgan fingerprint density at radius 1 is 1.00 bits per heavy atom. The SMILES string of the molecule is O=c1c2ccccc2sn1/N=C\C=C\c1ccccc1. The summed E-state index contributed by atoms with van der Waals surface area (Å²) < 4.78 is 2.35. The molecule has 0 aliphatic carbocycles. The van der Waals surface area contributed by atoms with Gasteiger partial charge in [-0.05, 0) is 35.3 Å². The molecule has 3 rings (SSSR count). The molecule has 0 saturated carbocycles. The van der Waals surface area contributed by atoms with Crippen molar-refractivity contribution >= 4 is 33.9 Å². The van der Waals surface area contributed by atoms with E-state index in [4.69, 9.17) is 0 Å². The van der Waals surface area contributed by atoms with Gasteiger partial charge in [-0.25, -0.2) is 0 Å². The van der Waals surface area contributed by atoms with Gasteiger partial charge in [-0.1, -0.05) is 48.5 Å². The minimum Gasteiger partial charge on any atom is -0.266 e. The summed E-state index contributed by atoms with van der Waals surface area (Å²) in [5.41, 5.74) is 1.03. The van der Waals surface area contributed by atoms with E-state index < -0.39 is 0 Å². The molecule has 0 atom stereocenters. The predicted molar refractivity (Wildman–Crippen MR) is 85.5 cm³/mol. The summed E-state index contributed by atoms with van der Waals surface area (Å²) in [6.45, 7) is 0. The van der Waals surface area contributed by atoms with E-state index in [9.17, 15) is 4.79 Å². The minimum absolute atomic E-state index is 0.0741. The maximum absolute atomic E-state index is 12.0. The fraction of sp³-hybridized carbons (Fsp3) is 0. The lowest BCUT2D eigenvalue weighted by Crippen LogP contribution is -2.07. The average molecular weight is 280 g/mol. The second-order valence-corrected chi connectivity index (χ2v) is 5.17. The molecule has 0 saturated heterocycles. The van der Waals surface area contributed by atoms with Crippen molar-refractivity contribution in [2.45, 2.75) is 0 Å². The van der Waals surface area contributed by atoms with E-state index in [1.54, 1.807) is 6.21 Å². The molecule has 0 amide bonds. The van der Waals surface area contributed by atoms with Gasteiger partial charge in [0.2, 0.25) is 0 Å². The largest absolute Gasteiger partial charge is 0.289 e. The maximum atomic E-state index is 12.0. The highest BCUT2D eigenvalue weighted by Crippen LogP contribution is 2.15. The number of rotatable bonds is 3. The molecule has 0 N–H and O–H groups in total. The van der Waals surface area contributed by atoms with Crippen molar-refractivity contribution in [3.63, 3.8) is 0 Å². The third-order valence-electron chi connectivity index (χ3n) is 2.82. The fourth-order valence-corrected chi connectivity index (χ4v) is 2.72. The van der Waals surface area contributed by atoms with E-state index in [2.05, 4.69) is 5.10 Å². The molecule has 1 aromatic heterocycles. The van der Waals surface area contributed by atoms with Crippen molar-refractivity contribution in [3.8, 4) is 0 Å². The summed E-state index contributed by atoms with van der Waals surface area (Å²) in [4.78, 5) is 12.0. The predicted octanol–water partition coefficient (Wildman–Crippen LogP) is 3.61. The zero-order valence-corrected chi connectivity index (χ0v) is 11.5. The first-order valence-electron chi connectivity index (χ1n) is 6.22. The molecular formula is C16H12N2OS. The smallest absolute Gasteiger partial charge is 0.266 e. The molecule has 2 aromatic carbocycles. The summed E-state index contributed by atoms with van der Waals surface area (Å²) in [7, 11) is 0. The van der Waals surface area contributed by atoms with Gasteiger partial charge in [-0.15, -0.1) is 4.07 Å². The van der Waals surface area contributed by atoms with E-state index >= 15 is 0 Å². The zero-order valence-electron chi connectivity index (χ0n) is 10.6. The number of nitrogens with zero attached hydrogens (tertiary/aromatic N) is 2. The van der Waals surface area contributed by atoms with Gasteiger partial charge in [-0.3, -0.25) is 4.79 Å². The summed E-state index contributed by atoms with van der Waals surface area (Å²) in [5.74, 6) is 0. The van der Waals surface area contributed by atoms with Crippen molar-refractivity contribution in [1.29, 1.82) is 0 Å². The molecule has 1 heterocycles. The van der Waals surface area contributed by atoms with E-state index in [0.717, 1.165) is 10.3 Å². The molecule has 0 unspecified atom stereocenters. The molecule has 0 fully saturated rings. The van der Waals surface area contributed by atoms with E-state index in [1.165, 1.54) is 15.6 Å². The number of allylic oxidation sites excluding steroid dienone is 1. The normalized spacial score (nSPS) is 11.8. The van der Waals surface area contributed by atoms with Crippen LogP contribution < -0.4 is 5.56 Å². The average Bonchev–Trinajstić information content (AvgIpc) is 2.82. The Bertz CT molecular complexity index is 828. The van der Waals surface area contributed by atoms with E-state index in [1.807, 2.05) is 66.7 Å². The molecular weight excluding hydrogens is 268 g/mol. The molecule has 0 radical (unpaired) electrons. The van der Waals surface area contributed by atoms with Crippen LogP contribution in [0.2, 0.25) is 0 Å². The van der Waals surface area contributed by atoms with Crippen LogP contribution in [0.15, 0.2) is 70.6 Å². The monoisotopic (exact) mass is 280 g/mol. The molecule has 0 aliphatic rings. The standard InChI is InChI=1S/C16H12N2OS/c19-16-14-10-4-5-11-15(14)20-18(16)17-12-6-9-13-7-2-1-3-8-13/h1-12H/b9-6+,17-12-. The summed E-state index contributed by atoms with van der Waals surface area (Å²) in [6, 6.07) is 17.5.